The number of hydrogen-bond donors (Lipinski definition) is 0. The predicted molar refractivity (Wildman–Crippen MR) is 88.2 cm³/mol. The Bertz CT molecular complexity index is 668. The van der Waals surface area contributed by atoms with Crippen LogP contribution in [-0.2, 0) is 4.79 Å². The van der Waals surface area contributed by atoms with Crippen molar-refractivity contribution in [2.24, 2.45) is 5.92 Å². The molecule has 0 aromatic carbocycles. The van der Waals surface area contributed by atoms with Crippen molar-refractivity contribution in [3.63, 3.8) is 0 Å². The Hall–Kier alpha value is -1.63. The third-order valence-corrected chi connectivity index (χ3v) is 5.81. The summed E-state index contributed by atoms with van der Waals surface area (Å²) in [6.07, 6.45) is 11.0. The van der Waals surface area contributed by atoms with Crippen LogP contribution in [0.15, 0.2) is 23.6 Å². The highest BCUT2D eigenvalue weighted by Gasteiger charge is 2.35. The van der Waals surface area contributed by atoms with Gasteiger partial charge < -0.3 is 4.90 Å². The van der Waals surface area contributed by atoms with E-state index < -0.39 is 0 Å². The summed E-state index contributed by atoms with van der Waals surface area (Å²) >= 11 is 1.41. The minimum absolute atomic E-state index is 0.235. The summed E-state index contributed by atoms with van der Waals surface area (Å²) in [5.41, 5.74) is 0. The van der Waals surface area contributed by atoms with E-state index in [9.17, 15) is 4.79 Å². The second-order valence-corrected chi connectivity index (χ2v) is 7.33. The summed E-state index contributed by atoms with van der Waals surface area (Å²) in [4.78, 5) is 23.3. The second kappa shape index (κ2) is 6.47. The van der Waals surface area contributed by atoms with Gasteiger partial charge in [0.2, 0.25) is 11.1 Å². The molecule has 2 aromatic rings. The molecule has 0 radical (unpaired) electrons. The summed E-state index contributed by atoms with van der Waals surface area (Å²) in [6, 6.07) is 2.29. The third kappa shape index (κ3) is 3.06. The van der Waals surface area contributed by atoms with E-state index in [4.69, 9.17) is 0 Å². The standard InChI is InChI=1S/C16H21N5OS/c22-14(20-9-3-6-12-5-1-2-7-13(12)20)11-23-16-18-15-17-8-4-10-21(15)19-16/h4,8,10,12-13H,1-3,5-7,9,11H2. The number of aromatic nitrogens is 4. The fourth-order valence-electron chi connectivity index (χ4n) is 3.92. The van der Waals surface area contributed by atoms with Crippen LogP contribution in [0.4, 0.5) is 0 Å². The summed E-state index contributed by atoms with van der Waals surface area (Å²) < 4.78 is 1.64. The normalized spacial score (nSPS) is 24.6. The fraction of sp³-hybridized carbons (Fsp3) is 0.625. The predicted octanol–water partition coefficient (Wildman–Crippen LogP) is 2.40. The van der Waals surface area contributed by atoms with Crippen LogP contribution in [0.5, 0.6) is 0 Å². The second-order valence-electron chi connectivity index (χ2n) is 6.39. The van der Waals surface area contributed by atoms with Gasteiger partial charge in [0.25, 0.3) is 5.78 Å². The Morgan fingerprint density at radius 2 is 2.13 bits per heavy atom. The number of carbonyl (C=O) groups excluding carboxylic acids is 1. The molecule has 2 fully saturated rings. The molecule has 1 saturated carbocycles. The zero-order chi connectivity index (χ0) is 15.6. The lowest BCUT2D eigenvalue weighted by molar-refractivity contribution is -0.134. The SMILES string of the molecule is O=C(CSc1nc2ncccn2n1)N1CCCC2CCCCC21. The fourth-order valence-corrected chi connectivity index (χ4v) is 4.63. The molecule has 4 rings (SSSR count). The topological polar surface area (TPSA) is 63.4 Å². The highest BCUT2D eigenvalue weighted by atomic mass is 32.2. The Morgan fingerprint density at radius 1 is 1.26 bits per heavy atom. The van der Waals surface area contributed by atoms with Crippen LogP contribution in [0.1, 0.15) is 38.5 Å². The van der Waals surface area contributed by atoms with Crippen molar-refractivity contribution >= 4 is 23.4 Å². The molecule has 0 spiro atoms. The molecule has 2 aromatic heterocycles. The van der Waals surface area contributed by atoms with E-state index in [-0.39, 0.29) is 5.91 Å². The number of fused-ring (bicyclic) bond motifs is 2. The average Bonchev–Trinajstić information content (AvgIpc) is 3.02. The van der Waals surface area contributed by atoms with Crippen molar-refractivity contribution in [1.82, 2.24) is 24.5 Å². The Labute approximate surface area is 139 Å². The molecule has 1 amide bonds. The summed E-state index contributed by atoms with van der Waals surface area (Å²) in [5, 5.41) is 4.97. The highest BCUT2D eigenvalue weighted by molar-refractivity contribution is 7.99. The van der Waals surface area contributed by atoms with Crippen molar-refractivity contribution in [3.8, 4) is 0 Å². The Morgan fingerprint density at radius 3 is 3.04 bits per heavy atom. The van der Waals surface area contributed by atoms with Crippen molar-refractivity contribution < 1.29 is 4.79 Å². The highest BCUT2D eigenvalue weighted by Crippen LogP contribution is 2.35. The maximum atomic E-state index is 12.7. The van der Waals surface area contributed by atoms with Gasteiger partial charge >= 0.3 is 0 Å². The first-order chi connectivity index (χ1) is 11.3. The van der Waals surface area contributed by atoms with Gasteiger partial charge in [-0.25, -0.2) is 9.50 Å². The summed E-state index contributed by atoms with van der Waals surface area (Å²) in [6.45, 7) is 0.917. The number of piperidine rings is 1. The molecular formula is C16H21N5OS. The molecule has 122 valence electrons. The van der Waals surface area contributed by atoms with Gasteiger partial charge in [0.1, 0.15) is 0 Å². The molecule has 6 nitrogen and oxygen atoms in total. The minimum atomic E-state index is 0.235. The number of likely N-dealkylation sites (tertiary alicyclic amines) is 1. The molecule has 1 aliphatic carbocycles. The molecule has 2 atom stereocenters. The van der Waals surface area contributed by atoms with Crippen molar-refractivity contribution in [3.05, 3.63) is 18.5 Å². The minimum Gasteiger partial charge on any atom is -0.339 e. The van der Waals surface area contributed by atoms with E-state index in [1.807, 2.05) is 12.3 Å². The van der Waals surface area contributed by atoms with Gasteiger partial charge in [-0.2, -0.15) is 4.98 Å². The van der Waals surface area contributed by atoms with Crippen LogP contribution in [0.2, 0.25) is 0 Å². The van der Waals surface area contributed by atoms with Crippen LogP contribution in [0.25, 0.3) is 5.78 Å². The lowest BCUT2D eigenvalue weighted by atomic mass is 9.78. The van der Waals surface area contributed by atoms with Crippen molar-refractivity contribution in [2.75, 3.05) is 12.3 Å². The zero-order valence-electron chi connectivity index (χ0n) is 13.1. The zero-order valence-corrected chi connectivity index (χ0v) is 13.9. The molecule has 3 heterocycles. The van der Waals surface area contributed by atoms with E-state index in [0.29, 0.717) is 22.7 Å². The van der Waals surface area contributed by atoms with Gasteiger partial charge in [-0.15, -0.1) is 5.10 Å². The molecule has 1 aliphatic heterocycles. The van der Waals surface area contributed by atoms with E-state index in [0.717, 1.165) is 18.9 Å². The molecular weight excluding hydrogens is 310 g/mol. The number of nitrogens with zero attached hydrogens (tertiary/aromatic N) is 5. The van der Waals surface area contributed by atoms with Crippen LogP contribution >= 0.6 is 11.8 Å². The Kier molecular flexibility index (Phi) is 4.20. The van der Waals surface area contributed by atoms with E-state index in [1.165, 1.54) is 43.9 Å². The summed E-state index contributed by atoms with van der Waals surface area (Å²) in [5.74, 6) is 1.95. The average molecular weight is 331 g/mol. The van der Waals surface area contributed by atoms with E-state index in [2.05, 4.69) is 20.0 Å². The van der Waals surface area contributed by atoms with Gasteiger partial charge in [0.15, 0.2) is 0 Å². The first kappa shape index (κ1) is 14.9. The van der Waals surface area contributed by atoms with Gasteiger partial charge in [0.05, 0.1) is 5.75 Å². The maximum Gasteiger partial charge on any atom is 0.253 e. The van der Waals surface area contributed by atoms with Crippen LogP contribution in [0.3, 0.4) is 0 Å². The number of hydrogen-bond acceptors (Lipinski definition) is 5. The van der Waals surface area contributed by atoms with Gasteiger partial charge in [-0.05, 0) is 37.7 Å². The molecule has 23 heavy (non-hydrogen) atoms. The number of rotatable bonds is 3. The van der Waals surface area contributed by atoms with Gasteiger partial charge in [-0.1, -0.05) is 24.6 Å². The number of amides is 1. The number of thioether (sulfide) groups is 1. The lowest BCUT2D eigenvalue weighted by Crippen LogP contribution is -2.50. The van der Waals surface area contributed by atoms with Crippen molar-refractivity contribution in [2.45, 2.75) is 49.7 Å². The first-order valence-corrected chi connectivity index (χ1v) is 9.39. The maximum absolute atomic E-state index is 12.7. The molecule has 1 saturated heterocycles. The molecule has 2 unspecified atom stereocenters. The first-order valence-electron chi connectivity index (χ1n) is 8.41. The van der Waals surface area contributed by atoms with E-state index in [1.54, 1.807) is 10.7 Å². The Balaban J connectivity index is 1.40. The molecule has 7 heteroatoms. The molecule has 2 aliphatic rings. The van der Waals surface area contributed by atoms with Crippen molar-refractivity contribution in [1.29, 1.82) is 0 Å². The van der Waals surface area contributed by atoms with Gasteiger partial charge in [0, 0.05) is 25.0 Å². The van der Waals surface area contributed by atoms with Gasteiger partial charge in [-0.3, -0.25) is 4.79 Å². The molecule has 0 bridgehead atoms. The van der Waals surface area contributed by atoms with E-state index >= 15 is 0 Å². The van der Waals surface area contributed by atoms with Crippen LogP contribution in [-0.4, -0.2) is 48.7 Å². The smallest absolute Gasteiger partial charge is 0.253 e. The van der Waals surface area contributed by atoms with Crippen LogP contribution < -0.4 is 0 Å². The monoisotopic (exact) mass is 331 g/mol. The summed E-state index contributed by atoms with van der Waals surface area (Å²) in [7, 11) is 0. The molecule has 0 N–H and O–H groups in total. The third-order valence-electron chi connectivity index (χ3n) is 4.99. The van der Waals surface area contributed by atoms with Crippen LogP contribution in [0, 0.1) is 5.92 Å². The number of carbonyl (C=O) groups is 1. The largest absolute Gasteiger partial charge is 0.339 e. The lowest BCUT2D eigenvalue weighted by Gasteiger charge is -2.44. The quantitative estimate of drug-likeness (QED) is 0.808.